The van der Waals surface area contributed by atoms with E-state index in [2.05, 4.69) is 10.1 Å². The highest BCUT2D eigenvalue weighted by Gasteiger charge is 2.18. The average Bonchev–Trinajstić information content (AvgIpc) is 2.77. The van der Waals surface area contributed by atoms with E-state index in [1.807, 2.05) is 45.2 Å². The molecule has 16 heavy (non-hydrogen) atoms. The van der Waals surface area contributed by atoms with Crippen LogP contribution in [0.5, 0.6) is 0 Å². The zero-order valence-corrected chi connectivity index (χ0v) is 12.4. The van der Waals surface area contributed by atoms with Crippen LogP contribution in [0.4, 0.5) is 0 Å². The number of hydrogen-bond acceptors (Lipinski definition) is 4. The van der Waals surface area contributed by atoms with Crippen LogP contribution in [0.1, 0.15) is 10.6 Å². The van der Waals surface area contributed by atoms with Crippen LogP contribution >= 0.6 is 45.2 Å². The summed E-state index contributed by atoms with van der Waals surface area (Å²) in [6.45, 7) is 0. The first-order chi connectivity index (χ1) is 7.56. The second kappa shape index (κ2) is 6.23. The standard InChI is InChI=1S/C9H7I2NO4/c1-15-9(14)6(7(10)11)12-8(13)5-3-2-4-16-5/h2-4H,1H3,(H,12,13). The topological polar surface area (TPSA) is 68.5 Å². The van der Waals surface area contributed by atoms with Crippen LogP contribution in [0.15, 0.2) is 30.1 Å². The maximum atomic E-state index is 11.6. The molecule has 1 amide bonds. The lowest BCUT2D eigenvalue weighted by atomic mass is 10.4. The lowest BCUT2D eigenvalue weighted by Crippen LogP contribution is -2.28. The van der Waals surface area contributed by atoms with E-state index in [1.54, 1.807) is 6.07 Å². The fourth-order valence-electron chi connectivity index (χ4n) is 0.860. The van der Waals surface area contributed by atoms with Gasteiger partial charge in [0.25, 0.3) is 5.91 Å². The normalized spacial score (nSPS) is 9.44. The van der Waals surface area contributed by atoms with E-state index >= 15 is 0 Å². The summed E-state index contributed by atoms with van der Waals surface area (Å²) in [5.74, 6) is -0.953. The second-order valence-corrected chi connectivity index (χ2v) is 6.78. The molecule has 0 radical (unpaired) electrons. The number of nitrogens with one attached hydrogen (secondary N) is 1. The van der Waals surface area contributed by atoms with Gasteiger partial charge in [-0.3, -0.25) is 4.79 Å². The van der Waals surface area contributed by atoms with Gasteiger partial charge in [-0.2, -0.15) is 0 Å². The SMILES string of the molecule is COC(=O)C(NC(=O)c1ccco1)=C(I)I. The van der Waals surface area contributed by atoms with Crippen LogP contribution in [0.25, 0.3) is 0 Å². The number of methoxy groups -OCH3 is 1. The quantitative estimate of drug-likeness (QED) is 0.439. The van der Waals surface area contributed by atoms with E-state index in [1.165, 1.54) is 19.4 Å². The molecule has 0 bridgehead atoms. The third kappa shape index (κ3) is 3.47. The third-order valence-corrected chi connectivity index (χ3v) is 2.64. The summed E-state index contributed by atoms with van der Waals surface area (Å²) in [5, 5.41) is 2.43. The van der Waals surface area contributed by atoms with Crippen molar-refractivity contribution in [2.24, 2.45) is 0 Å². The van der Waals surface area contributed by atoms with Crippen molar-refractivity contribution in [1.82, 2.24) is 5.32 Å². The predicted octanol–water partition coefficient (Wildman–Crippen LogP) is 2.22. The molecule has 0 aliphatic heterocycles. The maximum absolute atomic E-state index is 11.6. The maximum Gasteiger partial charge on any atom is 0.356 e. The van der Waals surface area contributed by atoms with Gasteiger partial charge in [0.2, 0.25) is 0 Å². The molecule has 0 unspecified atom stereocenters. The fraction of sp³-hybridized carbons (Fsp3) is 0.111. The zero-order valence-electron chi connectivity index (χ0n) is 8.12. The molecule has 0 saturated carbocycles. The third-order valence-electron chi connectivity index (χ3n) is 1.56. The first-order valence-electron chi connectivity index (χ1n) is 4.04. The van der Waals surface area contributed by atoms with Crippen LogP contribution in [-0.4, -0.2) is 19.0 Å². The number of carbonyl (C=O) groups excluding carboxylic acids is 2. The number of hydrogen-bond donors (Lipinski definition) is 1. The summed E-state index contributed by atoms with van der Waals surface area (Å²) < 4.78 is 10.0. The van der Waals surface area contributed by atoms with Crippen LogP contribution in [0.3, 0.4) is 0 Å². The van der Waals surface area contributed by atoms with E-state index in [0.717, 1.165) is 0 Å². The molecule has 7 heteroatoms. The van der Waals surface area contributed by atoms with E-state index in [4.69, 9.17) is 4.42 Å². The molecule has 1 N–H and O–H groups in total. The zero-order chi connectivity index (χ0) is 12.1. The lowest BCUT2D eigenvalue weighted by molar-refractivity contribution is -0.136. The minimum Gasteiger partial charge on any atom is -0.464 e. The minimum absolute atomic E-state index is 0.102. The van der Waals surface area contributed by atoms with Crippen molar-refractivity contribution in [1.29, 1.82) is 0 Å². The number of esters is 1. The van der Waals surface area contributed by atoms with Gasteiger partial charge < -0.3 is 14.5 Å². The number of furan rings is 1. The molecule has 5 nitrogen and oxygen atoms in total. The molecule has 1 aromatic heterocycles. The average molecular weight is 447 g/mol. The van der Waals surface area contributed by atoms with Crippen molar-refractivity contribution in [3.8, 4) is 0 Å². The Labute approximate surface area is 119 Å². The molecule has 0 fully saturated rings. The molecule has 0 aliphatic rings. The van der Waals surface area contributed by atoms with Crippen molar-refractivity contribution in [3.05, 3.63) is 31.4 Å². The van der Waals surface area contributed by atoms with Gasteiger partial charge in [-0.25, -0.2) is 4.79 Å². The van der Waals surface area contributed by atoms with E-state index in [9.17, 15) is 9.59 Å². The molecule has 86 valence electrons. The molecule has 1 aromatic rings. The van der Waals surface area contributed by atoms with Crippen molar-refractivity contribution in [2.75, 3.05) is 7.11 Å². The van der Waals surface area contributed by atoms with Crippen molar-refractivity contribution < 1.29 is 18.7 Å². The Bertz CT molecular complexity index is 421. The van der Waals surface area contributed by atoms with Gasteiger partial charge in [0.15, 0.2) is 5.76 Å². The van der Waals surface area contributed by atoms with E-state index < -0.39 is 11.9 Å². The van der Waals surface area contributed by atoms with Gasteiger partial charge in [-0.15, -0.1) is 0 Å². The number of halogens is 2. The van der Waals surface area contributed by atoms with Crippen LogP contribution in [0.2, 0.25) is 0 Å². The lowest BCUT2D eigenvalue weighted by Gasteiger charge is -2.06. The summed E-state index contributed by atoms with van der Waals surface area (Å²) >= 11 is 3.83. The van der Waals surface area contributed by atoms with Gasteiger partial charge in [0.1, 0.15) is 5.70 Å². The smallest absolute Gasteiger partial charge is 0.356 e. The highest BCUT2D eigenvalue weighted by Crippen LogP contribution is 2.20. The number of carbonyl (C=O) groups is 2. The Kier molecular flexibility index (Phi) is 5.25. The molecule has 0 saturated heterocycles. The number of amides is 1. The Morgan fingerprint density at radius 3 is 2.56 bits per heavy atom. The van der Waals surface area contributed by atoms with Crippen LogP contribution < -0.4 is 5.32 Å². The van der Waals surface area contributed by atoms with Crippen LogP contribution in [0, 0.1) is 0 Å². The summed E-state index contributed by atoms with van der Waals surface area (Å²) in [7, 11) is 1.25. The summed E-state index contributed by atoms with van der Waals surface area (Å²) in [4.78, 5) is 22.9. The highest BCUT2D eigenvalue weighted by atomic mass is 127. The fourth-order valence-corrected chi connectivity index (χ4v) is 1.57. The largest absolute Gasteiger partial charge is 0.464 e. The molecule has 0 aliphatic carbocycles. The molecule has 0 aromatic carbocycles. The predicted molar refractivity (Wildman–Crippen MR) is 73.3 cm³/mol. The summed E-state index contributed by atoms with van der Waals surface area (Å²) in [6, 6.07) is 3.09. The van der Waals surface area contributed by atoms with Crippen molar-refractivity contribution >= 4 is 57.1 Å². The van der Waals surface area contributed by atoms with Crippen LogP contribution in [-0.2, 0) is 9.53 Å². The van der Waals surface area contributed by atoms with Gasteiger partial charge in [-0.1, -0.05) is 0 Å². The monoisotopic (exact) mass is 447 g/mol. The number of rotatable bonds is 3. The van der Waals surface area contributed by atoms with Gasteiger partial charge >= 0.3 is 5.97 Å². The van der Waals surface area contributed by atoms with Gasteiger partial charge in [0, 0.05) is 0 Å². The Morgan fingerprint density at radius 1 is 1.44 bits per heavy atom. The summed E-state index contributed by atoms with van der Waals surface area (Å²) in [6.07, 6.45) is 1.38. The Balaban J connectivity index is 2.83. The summed E-state index contributed by atoms with van der Waals surface area (Å²) in [5.41, 5.74) is 0.102. The highest BCUT2D eigenvalue weighted by molar-refractivity contribution is 14.2. The molecule has 1 rings (SSSR count). The second-order valence-electron chi connectivity index (χ2n) is 2.56. The van der Waals surface area contributed by atoms with E-state index in [-0.39, 0.29) is 11.5 Å². The molecular formula is C9H7I2NO4. The number of ether oxygens (including phenoxy) is 1. The Hall–Kier alpha value is -0.580. The van der Waals surface area contributed by atoms with Crippen molar-refractivity contribution in [3.63, 3.8) is 0 Å². The minimum atomic E-state index is -0.598. The van der Waals surface area contributed by atoms with Gasteiger partial charge in [0.05, 0.1) is 15.0 Å². The molecule has 0 spiro atoms. The first kappa shape index (κ1) is 13.5. The first-order valence-corrected chi connectivity index (χ1v) is 6.20. The molecular weight excluding hydrogens is 440 g/mol. The van der Waals surface area contributed by atoms with Gasteiger partial charge in [-0.05, 0) is 57.3 Å². The Morgan fingerprint density at radius 2 is 2.12 bits per heavy atom. The molecule has 0 atom stereocenters. The molecule has 1 heterocycles. The van der Waals surface area contributed by atoms with E-state index in [0.29, 0.717) is 1.59 Å². The van der Waals surface area contributed by atoms with Crippen molar-refractivity contribution in [2.45, 2.75) is 0 Å².